The number of quaternary nitrogens is 1. The van der Waals surface area contributed by atoms with Gasteiger partial charge >= 0.3 is 13.6 Å². The Labute approximate surface area is 92.8 Å². The van der Waals surface area contributed by atoms with E-state index in [-0.39, 0.29) is 13.2 Å². The lowest BCUT2D eigenvalue weighted by Gasteiger charge is -2.40. The minimum Gasteiger partial charge on any atom is -0.632 e. The second-order valence-electron chi connectivity index (χ2n) is 3.34. The summed E-state index contributed by atoms with van der Waals surface area (Å²) in [4.78, 5) is 27.8. The number of hydroxylamine groups is 3. The van der Waals surface area contributed by atoms with Crippen molar-refractivity contribution in [1.29, 1.82) is 0 Å². The molecule has 0 saturated carbocycles. The van der Waals surface area contributed by atoms with Crippen LogP contribution >= 0.6 is 7.60 Å². The minimum absolute atomic E-state index is 0.0344. The molecule has 0 aliphatic carbocycles. The maximum atomic E-state index is 11.8. The summed E-state index contributed by atoms with van der Waals surface area (Å²) >= 11 is 0. The van der Waals surface area contributed by atoms with E-state index in [1.807, 2.05) is 0 Å². The van der Waals surface area contributed by atoms with Crippen LogP contribution in [0.1, 0.15) is 6.92 Å². The summed E-state index contributed by atoms with van der Waals surface area (Å²) in [6.45, 7) is 0.819. The number of carboxylic acid groups (broad SMARTS) is 1. The van der Waals surface area contributed by atoms with Gasteiger partial charge in [0.2, 0.25) is 0 Å². The summed E-state index contributed by atoms with van der Waals surface area (Å²) in [6.07, 6.45) is -1.05. The number of hydrogen-bond donors (Lipinski definition) is 3. The predicted molar refractivity (Wildman–Crippen MR) is 54.4 cm³/mol. The zero-order valence-corrected chi connectivity index (χ0v) is 9.80. The van der Waals surface area contributed by atoms with Gasteiger partial charge in [-0.05, 0) is 6.92 Å². The lowest BCUT2D eigenvalue weighted by Crippen LogP contribution is -2.48. The zero-order valence-electron chi connectivity index (χ0n) is 8.90. The molecule has 9 heteroatoms. The zero-order chi connectivity index (χ0) is 12.8. The van der Waals surface area contributed by atoms with Gasteiger partial charge in [-0.15, -0.1) is 0 Å². The molecule has 0 aliphatic rings. The van der Waals surface area contributed by atoms with E-state index in [1.54, 1.807) is 6.92 Å². The third kappa shape index (κ3) is 7.75. The summed E-state index contributed by atoms with van der Waals surface area (Å²) in [6, 6.07) is 0. The van der Waals surface area contributed by atoms with Crippen molar-refractivity contribution in [3.63, 3.8) is 0 Å². The highest BCUT2D eigenvalue weighted by Gasteiger charge is 2.30. The second kappa shape index (κ2) is 6.29. The van der Waals surface area contributed by atoms with Gasteiger partial charge in [0.15, 0.2) is 12.8 Å². The van der Waals surface area contributed by atoms with Crippen LogP contribution in [0, 0.1) is 5.21 Å². The number of ether oxygens (including phenoxy) is 1. The van der Waals surface area contributed by atoms with E-state index in [0.29, 0.717) is 6.61 Å². The Bertz CT molecular complexity index is 278. The fourth-order valence-corrected chi connectivity index (χ4v) is 2.07. The molecule has 1 atom stereocenters. The van der Waals surface area contributed by atoms with Gasteiger partial charge in [0, 0.05) is 6.61 Å². The Kier molecular flexibility index (Phi) is 6.09. The Morgan fingerprint density at radius 3 is 2.44 bits per heavy atom. The van der Waals surface area contributed by atoms with Crippen LogP contribution in [0.2, 0.25) is 0 Å². The number of nitrogens with zero attached hydrogens (tertiary/aromatic N) is 1. The fourth-order valence-electron chi connectivity index (χ4n) is 1.16. The molecule has 0 aliphatic heterocycles. The lowest BCUT2D eigenvalue weighted by molar-refractivity contribution is -0.863. The first-order valence-electron chi connectivity index (χ1n) is 4.60. The largest absolute Gasteiger partial charge is 0.632 e. The monoisotopic (exact) mass is 257 g/mol. The SMILES string of the molecule is CCOCC[N+]([O-])(CC(=O)O)CP(=O)(O)O. The third-order valence-corrected chi connectivity index (χ3v) is 2.60. The number of aliphatic carboxylic acids is 1. The molecule has 0 aromatic heterocycles. The molecule has 8 nitrogen and oxygen atoms in total. The summed E-state index contributed by atoms with van der Waals surface area (Å²) < 4.78 is 14.1. The van der Waals surface area contributed by atoms with Crippen molar-refractivity contribution in [1.82, 2.24) is 0 Å². The molecule has 0 aromatic carbocycles. The molecular weight excluding hydrogens is 241 g/mol. The van der Waals surface area contributed by atoms with Crippen LogP contribution in [0.25, 0.3) is 0 Å². The van der Waals surface area contributed by atoms with E-state index < -0.39 is 31.0 Å². The standard InChI is InChI=1S/C7H16NO7P/c1-2-15-4-3-8(11,5-7(9)10)6-16(12,13)14/h2-6H2,1H3,(H,9,10)(H2,12,13,14). The predicted octanol–water partition coefficient (Wildman–Crippen LogP) is -0.443. The normalized spacial score (nSPS) is 15.8. The van der Waals surface area contributed by atoms with Crippen LogP contribution in [0.4, 0.5) is 0 Å². The Morgan fingerprint density at radius 2 is 2.06 bits per heavy atom. The first-order chi connectivity index (χ1) is 7.18. The van der Waals surface area contributed by atoms with Crippen molar-refractivity contribution in [3.8, 4) is 0 Å². The average molecular weight is 257 g/mol. The van der Waals surface area contributed by atoms with Crippen molar-refractivity contribution >= 4 is 13.6 Å². The molecule has 0 radical (unpaired) electrons. The number of carboxylic acids is 1. The molecule has 96 valence electrons. The van der Waals surface area contributed by atoms with Crippen LogP contribution in [-0.4, -0.2) is 58.1 Å². The quantitative estimate of drug-likeness (QED) is 0.233. The molecule has 1 unspecified atom stereocenters. The molecule has 0 fully saturated rings. The van der Waals surface area contributed by atoms with E-state index >= 15 is 0 Å². The van der Waals surface area contributed by atoms with Crippen molar-refractivity contribution < 1.29 is 33.6 Å². The van der Waals surface area contributed by atoms with Gasteiger partial charge in [-0.3, -0.25) is 4.57 Å². The van der Waals surface area contributed by atoms with Gasteiger partial charge in [-0.25, -0.2) is 4.79 Å². The molecule has 0 heterocycles. The van der Waals surface area contributed by atoms with Crippen molar-refractivity contribution in [2.75, 3.05) is 32.6 Å². The molecular formula is C7H16NO7P. The smallest absolute Gasteiger partial charge is 0.379 e. The number of rotatable bonds is 8. The Morgan fingerprint density at radius 1 is 1.50 bits per heavy atom. The Hall–Kier alpha value is -0.500. The van der Waals surface area contributed by atoms with Crippen LogP contribution in [0.15, 0.2) is 0 Å². The Balaban J connectivity index is 4.48. The molecule has 0 saturated heterocycles. The molecule has 16 heavy (non-hydrogen) atoms. The van der Waals surface area contributed by atoms with Crippen molar-refractivity contribution in [3.05, 3.63) is 5.21 Å². The summed E-state index contributed by atoms with van der Waals surface area (Å²) in [7, 11) is -4.55. The average Bonchev–Trinajstić information content (AvgIpc) is 1.98. The topological polar surface area (TPSA) is 127 Å². The van der Waals surface area contributed by atoms with Crippen LogP contribution < -0.4 is 0 Å². The molecule has 0 bridgehead atoms. The highest BCUT2D eigenvalue weighted by Crippen LogP contribution is 2.37. The molecule has 0 rings (SSSR count). The van der Waals surface area contributed by atoms with Crippen molar-refractivity contribution in [2.45, 2.75) is 6.92 Å². The van der Waals surface area contributed by atoms with Gasteiger partial charge in [0.1, 0.15) is 6.54 Å². The van der Waals surface area contributed by atoms with Crippen LogP contribution in [-0.2, 0) is 14.1 Å². The maximum absolute atomic E-state index is 11.8. The van der Waals surface area contributed by atoms with E-state index in [0.717, 1.165) is 0 Å². The summed E-state index contributed by atoms with van der Waals surface area (Å²) in [5.74, 6) is -1.40. The van der Waals surface area contributed by atoms with E-state index in [2.05, 4.69) is 0 Å². The first-order valence-corrected chi connectivity index (χ1v) is 6.39. The van der Waals surface area contributed by atoms with Crippen LogP contribution in [0.5, 0.6) is 0 Å². The fraction of sp³-hybridized carbons (Fsp3) is 0.857. The van der Waals surface area contributed by atoms with Gasteiger partial charge < -0.3 is 29.5 Å². The summed E-state index contributed by atoms with van der Waals surface area (Å²) in [5, 5.41) is 20.3. The highest BCUT2D eigenvalue weighted by atomic mass is 31.2. The molecule has 3 N–H and O–H groups in total. The van der Waals surface area contributed by atoms with Crippen molar-refractivity contribution in [2.24, 2.45) is 0 Å². The molecule has 0 spiro atoms. The lowest BCUT2D eigenvalue weighted by atomic mass is 10.5. The van der Waals surface area contributed by atoms with Gasteiger partial charge in [0.05, 0.1) is 6.61 Å². The maximum Gasteiger partial charge on any atom is 0.379 e. The first kappa shape index (κ1) is 15.5. The molecule has 0 aromatic rings. The molecule has 0 amide bonds. The van der Waals surface area contributed by atoms with E-state index in [9.17, 15) is 14.6 Å². The third-order valence-electron chi connectivity index (χ3n) is 1.71. The van der Waals surface area contributed by atoms with Gasteiger partial charge in [-0.1, -0.05) is 0 Å². The highest BCUT2D eigenvalue weighted by molar-refractivity contribution is 7.51. The van der Waals surface area contributed by atoms with Gasteiger partial charge in [0.25, 0.3) is 0 Å². The minimum atomic E-state index is -4.55. The summed E-state index contributed by atoms with van der Waals surface area (Å²) in [5.41, 5.74) is 0. The van der Waals surface area contributed by atoms with Gasteiger partial charge in [-0.2, -0.15) is 0 Å². The van der Waals surface area contributed by atoms with E-state index in [1.165, 1.54) is 0 Å². The van der Waals surface area contributed by atoms with E-state index in [4.69, 9.17) is 19.6 Å². The second-order valence-corrected chi connectivity index (χ2v) is 4.95. The van der Waals surface area contributed by atoms with Crippen LogP contribution in [0.3, 0.4) is 0 Å². The number of carbonyl (C=O) groups is 1. The number of hydrogen-bond acceptors (Lipinski definition) is 4.